The van der Waals surface area contributed by atoms with E-state index in [1.165, 1.54) is 31.5 Å². The van der Waals surface area contributed by atoms with Gasteiger partial charge in [-0.1, -0.05) is 30.3 Å². The van der Waals surface area contributed by atoms with Crippen molar-refractivity contribution in [2.45, 2.75) is 32.4 Å². The average Bonchev–Trinajstić information content (AvgIpc) is 3.16. The minimum atomic E-state index is 0.356. The fourth-order valence-electron chi connectivity index (χ4n) is 3.00. The Morgan fingerprint density at radius 1 is 1.10 bits per heavy atom. The first kappa shape index (κ1) is 14.4. The van der Waals surface area contributed by atoms with Gasteiger partial charge in [0.1, 0.15) is 11.5 Å². The van der Waals surface area contributed by atoms with E-state index in [1.54, 1.807) is 0 Å². The molecule has 0 bridgehead atoms. The van der Waals surface area contributed by atoms with Crippen LogP contribution in [0.1, 0.15) is 36.0 Å². The van der Waals surface area contributed by atoms with Gasteiger partial charge in [-0.15, -0.1) is 0 Å². The van der Waals surface area contributed by atoms with Crippen LogP contribution in [-0.2, 0) is 6.54 Å². The molecule has 2 heterocycles. The Balaban J connectivity index is 1.66. The highest BCUT2D eigenvalue weighted by molar-refractivity contribution is 5.19. The van der Waals surface area contributed by atoms with E-state index >= 15 is 0 Å². The summed E-state index contributed by atoms with van der Waals surface area (Å²) >= 11 is 0. The van der Waals surface area contributed by atoms with Crippen LogP contribution in [0.25, 0.3) is 0 Å². The molecule has 1 aliphatic rings. The first-order valence-electron chi connectivity index (χ1n) is 7.87. The first-order valence-corrected chi connectivity index (χ1v) is 7.87. The molecule has 1 unspecified atom stereocenters. The summed E-state index contributed by atoms with van der Waals surface area (Å²) in [6, 6.07) is 15.2. The van der Waals surface area contributed by atoms with E-state index in [9.17, 15) is 0 Å². The number of aryl methyl sites for hydroxylation is 1. The fourth-order valence-corrected chi connectivity index (χ4v) is 3.00. The number of nitrogens with one attached hydrogen (secondary N) is 1. The molecule has 1 N–H and O–H groups in total. The monoisotopic (exact) mass is 284 g/mol. The summed E-state index contributed by atoms with van der Waals surface area (Å²) < 4.78 is 5.66. The van der Waals surface area contributed by atoms with E-state index in [0.717, 1.165) is 24.6 Å². The summed E-state index contributed by atoms with van der Waals surface area (Å²) in [6.45, 7) is 6.29. The number of likely N-dealkylation sites (tertiary alicyclic amines) is 1. The lowest BCUT2D eigenvalue weighted by molar-refractivity contribution is 0.287. The summed E-state index contributed by atoms with van der Waals surface area (Å²) in [4.78, 5) is 2.55. The minimum absolute atomic E-state index is 0.356. The molecule has 2 aromatic rings. The zero-order chi connectivity index (χ0) is 14.5. The fraction of sp³-hybridized carbons (Fsp3) is 0.444. The van der Waals surface area contributed by atoms with Crippen LogP contribution in [0, 0.1) is 6.92 Å². The lowest BCUT2D eigenvalue weighted by atomic mass is 10.1. The Morgan fingerprint density at radius 2 is 1.86 bits per heavy atom. The van der Waals surface area contributed by atoms with Gasteiger partial charge in [0.15, 0.2) is 0 Å². The first-order chi connectivity index (χ1) is 10.3. The van der Waals surface area contributed by atoms with Crippen LogP contribution in [0.3, 0.4) is 0 Å². The van der Waals surface area contributed by atoms with Gasteiger partial charge in [-0.25, -0.2) is 0 Å². The van der Waals surface area contributed by atoms with Gasteiger partial charge in [-0.05, 0) is 50.6 Å². The van der Waals surface area contributed by atoms with Gasteiger partial charge in [0.05, 0.1) is 6.54 Å². The highest BCUT2D eigenvalue weighted by Crippen LogP contribution is 2.18. The van der Waals surface area contributed by atoms with Crippen molar-refractivity contribution in [3.05, 3.63) is 59.5 Å². The molecule has 1 aromatic heterocycles. The van der Waals surface area contributed by atoms with Gasteiger partial charge < -0.3 is 14.6 Å². The molecule has 0 aliphatic carbocycles. The van der Waals surface area contributed by atoms with Gasteiger partial charge >= 0.3 is 0 Å². The van der Waals surface area contributed by atoms with E-state index in [2.05, 4.69) is 46.6 Å². The van der Waals surface area contributed by atoms with Gasteiger partial charge in [-0.2, -0.15) is 0 Å². The van der Waals surface area contributed by atoms with Crippen molar-refractivity contribution in [3.63, 3.8) is 0 Å². The Bertz CT molecular complexity index is 543. The summed E-state index contributed by atoms with van der Waals surface area (Å²) in [6.07, 6.45) is 2.66. The number of benzene rings is 1. The summed E-state index contributed by atoms with van der Waals surface area (Å²) in [7, 11) is 0. The van der Waals surface area contributed by atoms with E-state index in [1.807, 2.05) is 13.0 Å². The van der Waals surface area contributed by atoms with Crippen LogP contribution in [0.5, 0.6) is 0 Å². The van der Waals surface area contributed by atoms with Crippen molar-refractivity contribution >= 4 is 0 Å². The lowest BCUT2D eigenvalue weighted by Crippen LogP contribution is -2.33. The molecule has 1 atom stereocenters. The molecule has 3 rings (SSSR count). The van der Waals surface area contributed by atoms with E-state index in [4.69, 9.17) is 4.42 Å². The van der Waals surface area contributed by atoms with Crippen LogP contribution in [0.2, 0.25) is 0 Å². The van der Waals surface area contributed by atoms with Crippen molar-refractivity contribution < 1.29 is 4.42 Å². The smallest absolute Gasteiger partial charge is 0.117 e. The number of hydrogen-bond acceptors (Lipinski definition) is 3. The standard InChI is InChI=1S/C18H24N2O/c1-15-9-10-17(21-15)13-19-18(14-20-11-5-6-12-20)16-7-3-2-4-8-16/h2-4,7-10,18-19H,5-6,11-14H2,1H3. The topological polar surface area (TPSA) is 28.4 Å². The van der Waals surface area contributed by atoms with Crippen LogP contribution in [-0.4, -0.2) is 24.5 Å². The zero-order valence-electron chi connectivity index (χ0n) is 12.7. The molecule has 3 nitrogen and oxygen atoms in total. The molecule has 112 valence electrons. The molecule has 1 saturated heterocycles. The van der Waals surface area contributed by atoms with Crippen molar-refractivity contribution in [3.8, 4) is 0 Å². The molecule has 1 fully saturated rings. The largest absolute Gasteiger partial charge is 0.465 e. The van der Waals surface area contributed by atoms with Gasteiger partial charge in [0.2, 0.25) is 0 Å². The second-order valence-corrected chi connectivity index (χ2v) is 5.86. The average molecular weight is 284 g/mol. The molecule has 0 saturated carbocycles. The Kier molecular flexibility index (Phi) is 4.73. The normalized spacial score (nSPS) is 17.2. The number of furan rings is 1. The van der Waals surface area contributed by atoms with Crippen molar-refractivity contribution in [1.82, 2.24) is 10.2 Å². The molecule has 0 radical (unpaired) electrons. The number of hydrogen-bond donors (Lipinski definition) is 1. The second-order valence-electron chi connectivity index (χ2n) is 5.86. The predicted octanol–water partition coefficient (Wildman–Crippen LogP) is 3.51. The van der Waals surface area contributed by atoms with Gasteiger partial charge in [-0.3, -0.25) is 0 Å². The van der Waals surface area contributed by atoms with Gasteiger partial charge in [0, 0.05) is 12.6 Å². The summed E-state index contributed by atoms with van der Waals surface area (Å²) in [5.74, 6) is 1.98. The quantitative estimate of drug-likeness (QED) is 0.880. The minimum Gasteiger partial charge on any atom is -0.465 e. The maximum absolute atomic E-state index is 5.66. The third-order valence-corrected chi connectivity index (χ3v) is 4.16. The number of rotatable bonds is 6. The van der Waals surface area contributed by atoms with Crippen LogP contribution >= 0.6 is 0 Å². The SMILES string of the molecule is Cc1ccc(CNC(CN2CCCC2)c2ccccc2)o1. The van der Waals surface area contributed by atoms with Gasteiger partial charge in [0.25, 0.3) is 0 Å². The maximum Gasteiger partial charge on any atom is 0.117 e. The Morgan fingerprint density at radius 3 is 2.52 bits per heavy atom. The molecular weight excluding hydrogens is 260 g/mol. The van der Waals surface area contributed by atoms with Crippen molar-refractivity contribution in [2.75, 3.05) is 19.6 Å². The van der Waals surface area contributed by atoms with Crippen molar-refractivity contribution in [1.29, 1.82) is 0 Å². The molecule has 0 spiro atoms. The molecule has 1 aliphatic heterocycles. The van der Waals surface area contributed by atoms with Crippen molar-refractivity contribution in [2.24, 2.45) is 0 Å². The third-order valence-electron chi connectivity index (χ3n) is 4.16. The highest BCUT2D eigenvalue weighted by atomic mass is 16.3. The molecule has 21 heavy (non-hydrogen) atoms. The maximum atomic E-state index is 5.66. The van der Waals surface area contributed by atoms with Crippen LogP contribution < -0.4 is 5.32 Å². The summed E-state index contributed by atoms with van der Waals surface area (Å²) in [5.41, 5.74) is 1.35. The molecule has 3 heteroatoms. The lowest BCUT2D eigenvalue weighted by Gasteiger charge is -2.24. The Labute approximate surface area is 127 Å². The predicted molar refractivity (Wildman–Crippen MR) is 85.1 cm³/mol. The van der Waals surface area contributed by atoms with E-state index in [-0.39, 0.29) is 0 Å². The second kappa shape index (κ2) is 6.92. The summed E-state index contributed by atoms with van der Waals surface area (Å²) in [5, 5.41) is 3.66. The van der Waals surface area contributed by atoms with E-state index in [0.29, 0.717) is 6.04 Å². The molecular formula is C18H24N2O. The molecule has 1 aromatic carbocycles. The third kappa shape index (κ3) is 3.96. The Hall–Kier alpha value is -1.58. The highest BCUT2D eigenvalue weighted by Gasteiger charge is 2.18. The zero-order valence-corrected chi connectivity index (χ0v) is 12.7. The molecule has 0 amide bonds. The van der Waals surface area contributed by atoms with Crippen LogP contribution in [0.4, 0.5) is 0 Å². The van der Waals surface area contributed by atoms with Crippen LogP contribution in [0.15, 0.2) is 46.9 Å². The number of nitrogens with zero attached hydrogens (tertiary/aromatic N) is 1. The van der Waals surface area contributed by atoms with E-state index < -0.39 is 0 Å².